The third-order valence-electron chi connectivity index (χ3n) is 6.02. The predicted octanol–water partition coefficient (Wildman–Crippen LogP) is 1.37. The van der Waals surface area contributed by atoms with E-state index in [1.807, 2.05) is 24.3 Å². The van der Waals surface area contributed by atoms with Crippen LogP contribution in [0.1, 0.15) is 0 Å². The van der Waals surface area contributed by atoms with Gasteiger partial charge in [-0.05, 0) is 18.2 Å². The summed E-state index contributed by atoms with van der Waals surface area (Å²) in [6, 6.07) is 10.00. The van der Waals surface area contributed by atoms with Gasteiger partial charge in [0.2, 0.25) is 0 Å². The highest BCUT2D eigenvalue weighted by atomic mass is 35.5. The molecule has 0 amide bonds. The molecule has 3 saturated heterocycles. The molecule has 0 saturated carbocycles. The molecule has 0 bridgehead atoms. The van der Waals surface area contributed by atoms with E-state index in [1.54, 1.807) is 6.07 Å². The van der Waals surface area contributed by atoms with Crippen LogP contribution in [-0.2, 0) is 9.47 Å². The quantitative estimate of drug-likeness (QED) is 0.553. The molecule has 4 atom stereocenters. The van der Waals surface area contributed by atoms with Gasteiger partial charge in [-0.3, -0.25) is 0 Å². The molecular weight excluding hydrogens is 424 g/mol. The minimum atomic E-state index is -0.630. The predicted molar refractivity (Wildman–Crippen MR) is 112 cm³/mol. The van der Waals surface area contributed by atoms with Crippen molar-refractivity contribution in [3.63, 3.8) is 0 Å². The Morgan fingerprint density at radius 2 is 1.84 bits per heavy atom. The minimum absolute atomic E-state index is 0.243. The lowest BCUT2D eigenvalue weighted by Gasteiger charge is -2.37. The van der Waals surface area contributed by atoms with Crippen molar-refractivity contribution in [2.24, 2.45) is 0 Å². The maximum atomic E-state index is 9.88. The number of anilines is 1. The van der Waals surface area contributed by atoms with Gasteiger partial charge in [0.15, 0.2) is 11.8 Å². The largest absolute Gasteiger partial charge is 0.456 e. The fourth-order valence-corrected chi connectivity index (χ4v) is 4.60. The van der Waals surface area contributed by atoms with Crippen molar-refractivity contribution in [3.8, 4) is 17.3 Å². The number of nitrogens with zero attached hydrogens (tertiary/aromatic N) is 3. The van der Waals surface area contributed by atoms with Crippen molar-refractivity contribution in [1.82, 2.24) is 15.0 Å². The van der Waals surface area contributed by atoms with Crippen LogP contribution in [0.25, 0.3) is 22.4 Å². The molecule has 2 aromatic heterocycles. The summed E-state index contributed by atoms with van der Waals surface area (Å²) in [7, 11) is 0. The van der Waals surface area contributed by atoms with Crippen molar-refractivity contribution in [2.45, 2.75) is 30.5 Å². The second kappa shape index (κ2) is 7.32. The maximum absolute atomic E-state index is 9.88. The van der Waals surface area contributed by atoms with Gasteiger partial charge in [0.25, 0.3) is 6.01 Å². The van der Waals surface area contributed by atoms with E-state index in [1.165, 1.54) is 0 Å². The van der Waals surface area contributed by atoms with Gasteiger partial charge in [-0.2, -0.15) is 4.98 Å². The number of β-amino-alcohol motifs (C(OH)–C–C–N with tert-alkyl or cyclic N) is 1. The lowest BCUT2D eigenvalue weighted by atomic mass is 10.1. The highest BCUT2D eigenvalue weighted by Crippen LogP contribution is 2.33. The molecule has 3 aliphatic rings. The van der Waals surface area contributed by atoms with Crippen LogP contribution in [0.2, 0.25) is 5.02 Å². The maximum Gasteiger partial charge on any atom is 0.296 e. The fourth-order valence-electron chi connectivity index (χ4n) is 4.34. The minimum Gasteiger partial charge on any atom is -0.456 e. The Labute approximate surface area is 182 Å². The standard InChI is InChI=1S/C21H21ClN4O5/c22-13-5-14-20(24-17(13)10-1-3-11(4-2-10)26-6-12(27)7-26)25-21(23-14)31-16-9-30-18-15(28)8-29-19(16)18/h1-5,12,15-16,18-19,27-28H,6-9H2,(H,23,24,25)/t15-,16-,18?,19?/m1/s1. The summed E-state index contributed by atoms with van der Waals surface area (Å²) in [6.07, 6.45) is -1.92. The van der Waals surface area contributed by atoms with E-state index in [2.05, 4.69) is 19.9 Å². The van der Waals surface area contributed by atoms with Crippen molar-refractivity contribution in [1.29, 1.82) is 0 Å². The number of halogens is 1. The number of hydrogen-bond acceptors (Lipinski definition) is 8. The average molecular weight is 445 g/mol. The van der Waals surface area contributed by atoms with Crippen LogP contribution in [0.15, 0.2) is 30.3 Å². The van der Waals surface area contributed by atoms with E-state index in [9.17, 15) is 10.2 Å². The fraction of sp³-hybridized carbons (Fsp3) is 0.429. The summed E-state index contributed by atoms with van der Waals surface area (Å²) < 4.78 is 17.1. The van der Waals surface area contributed by atoms with Gasteiger partial charge in [-0.1, -0.05) is 23.7 Å². The first-order chi connectivity index (χ1) is 15.0. The third-order valence-corrected chi connectivity index (χ3v) is 6.31. The zero-order chi connectivity index (χ0) is 21.1. The molecule has 0 aliphatic carbocycles. The highest BCUT2D eigenvalue weighted by molar-refractivity contribution is 6.33. The topological polar surface area (TPSA) is 113 Å². The molecule has 6 rings (SSSR count). The van der Waals surface area contributed by atoms with Crippen molar-refractivity contribution in [3.05, 3.63) is 35.4 Å². The number of H-pyrrole nitrogens is 1. The zero-order valence-electron chi connectivity index (χ0n) is 16.4. The number of hydrogen-bond donors (Lipinski definition) is 3. The van der Waals surface area contributed by atoms with Crippen LogP contribution in [0.5, 0.6) is 6.01 Å². The number of imidazole rings is 1. The van der Waals surface area contributed by atoms with E-state index >= 15 is 0 Å². The Kier molecular flexibility index (Phi) is 4.55. The van der Waals surface area contributed by atoms with Crippen LogP contribution in [0.4, 0.5) is 5.69 Å². The molecule has 3 fully saturated rings. The molecule has 1 aromatic carbocycles. The summed E-state index contributed by atoms with van der Waals surface area (Å²) in [5, 5.41) is 19.9. The molecule has 162 valence electrons. The smallest absolute Gasteiger partial charge is 0.296 e. The molecule has 9 nitrogen and oxygen atoms in total. The second-order valence-corrected chi connectivity index (χ2v) is 8.56. The van der Waals surface area contributed by atoms with Crippen LogP contribution >= 0.6 is 11.6 Å². The lowest BCUT2D eigenvalue weighted by molar-refractivity contribution is 0.00706. The molecule has 5 heterocycles. The van der Waals surface area contributed by atoms with Gasteiger partial charge >= 0.3 is 0 Å². The van der Waals surface area contributed by atoms with Gasteiger partial charge in [0.05, 0.1) is 35.6 Å². The summed E-state index contributed by atoms with van der Waals surface area (Å²) in [6.45, 7) is 1.87. The van der Waals surface area contributed by atoms with Gasteiger partial charge in [-0.25, -0.2) is 4.98 Å². The van der Waals surface area contributed by atoms with Crippen LogP contribution in [0, 0.1) is 0 Å². The van der Waals surface area contributed by atoms with Crippen molar-refractivity contribution >= 4 is 28.5 Å². The third kappa shape index (κ3) is 3.33. The van der Waals surface area contributed by atoms with Crippen LogP contribution in [0.3, 0.4) is 0 Å². The molecule has 10 heteroatoms. The molecule has 0 radical (unpaired) electrons. The van der Waals surface area contributed by atoms with Crippen molar-refractivity contribution in [2.75, 3.05) is 31.2 Å². The molecule has 0 spiro atoms. The number of pyridine rings is 1. The number of ether oxygens (including phenoxy) is 3. The summed E-state index contributed by atoms with van der Waals surface area (Å²) >= 11 is 6.50. The Bertz CT molecular complexity index is 1120. The normalized spacial score (nSPS) is 28.2. The molecule has 3 aromatic rings. The monoisotopic (exact) mass is 444 g/mol. The zero-order valence-corrected chi connectivity index (χ0v) is 17.2. The van der Waals surface area contributed by atoms with Gasteiger partial charge in [0.1, 0.15) is 18.3 Å². The molecule has 3 aliphatic heterocycles. The molecule has 3 N–H and O–H groups in total. The first kappa shape index (κ1) is 19.3. The molecule has 31 heavy (non-hydrogen) atoms. The highest BCUT2D eigenvalue weighted by Gasteiger charge is 2.48. The number of aliphatic hydroxyl groups is 2. The first-order valence-electron chi connectivity index (χ1n) is 10.2. The van der Waals surface area contributed by atoms with Gasteiger partial charge < -0.3 is 34.3 Å². The van der Waals surface area contributed by atoms with E-state index in [-0.39, 0.29) is 31.0 Å². The van der Waals surface area contributed by atoms with E-state index in [0.29, 0.717) is 47.6 Å². The number of aromatic amines is 1. The number of aromatic nitrogens is 3. The number of benzene rings is 1. The second-order valence-electron chi connectivity index (χ2n) is 8.16. The molecule has 2 unspecified atom stereocenters. The SMILES string of the molecule is OC1CN(c2ccc(-c3nc4nc(O[C@@H]5COC6C5OC[C@H]6O)[nH]c4cc3Cl)cc2)C1. The summed E-state index contributed by atoms with van der Waals surface area (Å²) in [5.74, 6) is 0. The Hall–Kier alpha value is -2.43. The van der Waals surface area contributed by atoms with Gasteiger partial charge in [-0.15, -0.1) is 0 Å². The van der Waals surface area contributed by atoms with Crippen LogP contribution in [-0.4, -0.2) is 82.0 Å². The Morgan fingerprint density at radius 3 is 2.61 bits per heavy atom. The average Bonchev–Trinajstić information content (AvgIpc) is 3.42. The summed E-state index contributed by atoms with van der Waals surface area (Å²) in [5.41, 5.74) is 3.72. The summed E-state index contributed by atoms with van der Waals surface area (Å²) in [4.78, 5) is 14.3. The first-order valence-corrected chi connectivity index (χ1v) is 10.6. The van der Waals surface area contributed by atoms with E-state index in [4.69, 9.17) is 25.8 Å². The van der Waals surface area contributed by atoms with Crippen molar-refractivity contribution < 1.29 is 24.4 Å². The Morgan fingerprint density at radius 1 is 1.06 bits per heavy atom. The van der Waals surface area contributed by atoms with E-state index < -0.39 is 6.10 Å². The number of aliphatic hydroxyl groups excluding tert-OH is 2. The number of fused-ring (bicyclic) bond motifs is 2. The lowest BCUT2D eigenvalue weighted by Crippen LogP contribution is -2.50. The molecular formula is C21H21ClN4O5. The number of nitrogens with one attached hydrogen (secondary N) is 1. The number of rotatable bonds is 4. The van der Waals surface area contributed by atoms with E-state index in [0.717, 1.165) is 11.3 Å². The van der Waals surface area contributed by atoms with Gasteiger partial charge in [0, 0.05) is 24.3 Å². The van der Waals surface area contributed by atoms with Crippen LogP contribution < -0.4 is 9.64 Å². The Balaban J connectivity index is 1.23.